The van der Waals surface area contributed by atoms with Crippen LogP contribution in [0.5, 0.6) is 5.75 Å². The highest BCUT2D eigenvalue weighted by molar-refractivity contribution is 7.14. The van der Waals surface area contributed by atoms with Gasteiger partial charge in [0.05, 0.1) is 17.7 Å². The molecule has 1 heterocycles. The van der Waals surface area contributed by atoms with Gasteiger partial charge in [0.15, 0.2) is 5.13 Å². The average molecular weight is 580 g/mol. The molecule has 214 valence electrons. The first-order valence-corrected chi connectivity index (χ1v) is 14.0. The van der Waals surface area contributed by atoms with Crippen LogP contribution in [0.15, 0.2) is 66.7 Å². The molecular weight excluding hydrogens is 548 g/mol. The molecule has 2 N–H and O–H groups in total. The van der Waals surface area contributed by atoms with Gasteiger partial charge in [-0.05, 0) is 79.1 Å². The Labute approximate surface area is 241 Å². The first-order valence-electron chi connectivity index (χ1n) is 13.2. The molecule has 0 saturated carbocycles. The van der Waals surface area contributed by atoms with Gasteiger partial charge in [-0.15, -0.1) is 11.3 Å². The number of halogens is 2. The lowest BCUT2D eigenvalue weighted by molar-refractivity contribution is -0.137. The van der Waals surface area contributed by atoms with Crippen molar-refractivity contribution in [3.05, 3.63) is 94.4 Å². The van der Waals surface area contributed by atoms with Gasteiger partial charge < -0.3 is 14.6 Å². The maximum atomic E-state index is 14.4. The number of carboxylic acids is 1. The van der Waals surface area contributed by atoms with Crippen LogP contribution in [0.25, 0.3) is 21.6 Å². The fourth-order valence-electron chi connectivity index (χ4n) is 4.61. The molecule has 0 fully saturated rings. The van der Waals surface area contributed by atoms with Crippen LogP contribution in [0.3, 0.4) is 0 Å². The number of hydrogen-bond donors (Lipinski definition) is 2. The average Bonchev–Trinajstić information content (AvgIpc) is 3.31. The zero-order valence-electron chi connectivity index (χ0n) is 23.0. The van der Waals surface area contributed by atoms with E-state index in [9.17, 15) is 18.4 Å². The number of methoxy groups -OCH3 is 1. The number of nitrogens with one attached hydrogen (secondary N) is 1. The second-order valence-corrected chi connectivity index (χ2v) is 10.7. The summed E-state index contributed by atoms with van der Waals surface area (Å²) >= 11 is 0.884. The molecule has 6 nitrogen and oxygen atoms in total. The van der Waals surface area contributed by atoms with Gasteiger partial charge in [0, 0.05) is 18.1 Å². The fourth-order valence-corrected chi connectivity index (χ4v) is 5.44. The Morgan fingerprint density at radius 2 is 1.71 bits per heavy atom. The van der Waals surface area contributed by atoms with Gasteiger partial charge in [0.1, 0.15) is 17.7 Å². The summed E-state index contributed by atoms with van der Waals surface area (Å²) in [6.45, 7) is 3.45. The van der Waals surface area contributed by atoms with Crippen molar-refractivity contribution >= 4 is 29.1 Å². The molecule has 4 rings (SSSR count). The predicted octanol–water partition coefficient (Wildman–Crippen LogP) is 8.78. The quantitative estimate of drug-likeness (QED) is 0.174. The van der Waals surface area contributed by atoms with Gasteiger partial charge in [-0.1, -0.05) is 42.5 Å². The molecule has 0 aliphatic heterocycles. The summed E-state index contributed by atoms with van der Waals surface area (Å²) in [6, 6.07) is 19.0. The molecular formula is C32H31F2NO5S. The Balaban J connectivity index is 1.49. The highest BCUT2D eigenvalue weighted by Crippen LogP contribution is 2.40. The Bertz CT molecular complexity index is 1530. The first kappa shape index (κ1) is 29.7. The number of rotatable bonds is 11. The van der Waals surface area contributed by atoms with Gasteiger partial charge in [-0.3, -0.25) is 10.1 Å². The minimum atomic E-state index is -0.785. The molecule has 4 aromatic rings. The van der Waals surface area contributed by atoms with Gasteiger partial charge in [-0.25, -0.2) is 9.18 Å². The van der Waals surface area contributed by atoms with E-state index in [0.29, 0.717) is 28.2 Å². The molecule has 1 aromatic heterocycles. The topological polar surface area (TPSA) is 84.9 Å². The predicted molar refractivity (Wildman–Crippen MR) is 157 cm³/mol. The molecule has 41 heavy (non-hydrogen) atoms. The van der Waals surface area contributed by atoms with Crippen molar-refractivity contribution in [2.45, 2.75) is 45.6 Å². The standard InChI is InChI=1S/C32H31F2NO5S/c1-19-8-14-24(33)17-26(19)20(2)40-32(38)35-27-18-29(34)41-31(27)23-13-15-25(28(16-23)39-3)22-11-9-21(10-12-22)6-4-5-7-30(36)37/h8-18,20H,4-7H2,1-3H3,(H,35,38)(H,36,37). The van der Waals surface area contributed by atoms with E-state index in [1.54, 1.807) is 33.1 Å². The number of thiophene rings is 1. The molecule has 3 aromatic carbocycles. The third-order valence-corrected chi connectivity index (χ3v) is 7.71. The highest BCUT2D eigenvalue weighted by Gasteiger charge is 2.19. The molecule has 9 heteroatoms. The maximum Gasteiger partial charge on any atom is 0.412 e. The van der Waals surface area contributed by atoms with Crippen LogP contribution in [0.2, 0.25) is 0 Å². The van der Waals surface area contributed by atoms with Crippen molar-refractivity contribution < 1.29 is 33.0 Å². The lowest BCUT2D eigenvalue weighted by Crippen LogP contribution is -2.16. The van der Waals surface area contributed by atoms with Crippen LogP contribution in [-0.4, -0.2) is 24.3 Å². The van der Waals surface area contributed by atoms with Crippen LogP contribution < -0.4 is 10.1 Å². The number of aliphatic carboxylic acids is 1. The van der Waals surface area contributed by atoms with Gasteiger partial charge in [0.2, 0.25) is 0 Å². The number of hydrogen-bond acceptors (Lipinski definition) is 5. The summed E-state index contributed by atoms with van der Waals surface area (Å²) in [5, 5.41) is 10.9. The zero-order chi connectivity index (χ0) is 29.5. The van der Waals surface area contributed by atoms with Crippen molar-refractivity contribution in [1.29, 1.82) is 0 Å². The maximum absolute atomic E-state index is 14.4. The number of aryl methyl sites for hydroxylation is 2. The van der Waals surface area contributed by atoms with E-state index in [1.165, 1.54) is 18.2 Å². The van der Waals surface area contributed by atoms with E-state index in [1.807, 2.05) is 36.4 Å². The van der Waals surface area contributed by atoms with E-state index in [-0.39, 0.29) is 12.1 Å². The largest absolute Gasteiger partial charge is 0.496 e. The van der Waals surface area contributed by atoms with Crippen molar-refractivity contribution in [2.24, 2.45) is 0 Å². The lowest BCUT2D eigenvalue weighted by Gasteiger charge is -2.17. The summed E-state index contributed by atoms with van der Waals surface area (Å²) in [4.78, 5) is 23.9. The third kappa shape index (κ3) is 7.70. The second kappa shape index (κ2) is 13.4. The number of carboxylic acid groups (broad SMARTS) is 1. The monoisotopic (exact) mass is 579 g/mol. The van der Waals surface area contributed by atoms with Gasteiger partial charge in [0.25, 0.3) is 0 Å². The van der Waals surface area contributed by atoms with Crippen LogP contribution in [0.4, 0.5) is 19.3 Å². The number of ether oxygens (including phenoxy) is 2. The van der Waals surface area contributed by atoms with Crippen LogP contribution in [-0.2, 0) is 16.0 Å². The smallest absolute Gasteiger partial charge is 0.412 e. The zero-order valence-corrected chi connectivity index (χ0v) is 23.8. The molecule has 0 aliphatic rings. The molecule has 1 amide bonds. The van der Waals surface area contributed by atoms with Gasteiger partial charge >= 0.3 is 12.1 Å². The van der Waals surface area contributed by atoms with E-state index in [2.05, 4.69) is 5.32 Å². The summed E-state index contributed by atoms with van der Waals surface area (Å²) in [5.74, 6) is -0.631. The number of benzene rings is 3. The third-order valence-electron chi connectivity index (χ3n) is 6.74. The molecule has 0 bridgehead atoms. The molecule has 1 unspecified atom stereocenters. The van der Waals surface area contributed by atoms with E-state index in [4.69, 9.17) is 14.6 Å². The van der Waals surface area contributed by atoms with Crippen molar-refractivity contribution in [3.63, 3.8) is 0 Å². The number of amides is 1. The van der Waals surface area contributed by atoms with Crippen molar-refractivity contribution in [3.8, 4) is 27.3 Å². The second-order valence-electron chi connectivity index (χ2n) is 9.68. The Kier molecular flexibility index (Phi) is 9.73. The minimum absolute atomic E-state index is 0.169. The SMILES string of the molecule is COc1cc(-c2sc(F)cc2NC(=O)OC(C)c2cc(F)ccc2C)ccc1-c1ccc(CCCCC(=O)O)cc1. The summed E-state index contributed by atoms with van der Waals surface area (Å²) in [6.07, 6.45) is 0.901. The number of carbonyl (C=O) groups is 2. The van der Waals surface area contributed by atoms with E-state index < -0.39 is 29.1 Å². The van der Waals surface area contributed by atoms with E-state index in [0.717, 1.165) is 46.4 Å². The van der Waals surface area contributed by atoms with Crippen LogP contribution in [0, 0.1) is 17.9 Å². The Morgan fingerprint density at radius 1 is 0.976 bits per heavy atom. The fraction of sp³-hybridized carbons (Fsp3) is 0.250. The lowest BCUT2D eigenvalue weighted by atomic mass is 9.99. The minimum Gasteiger partial charge on any atom is -0.496 e. The molecule has 0 aliphatic carbocycles. The van der Waals surface area contributed by atoms with E-state index >= 15 is 0 Å². The molecule has 0 spiro atoms. The summed E-state index contributed by atoms with van der Waals surface area (Å²) < 4.78 is 39.2. The van der Waals surface area contributed by atoms with Crippen LogP contribution >= 0.6 is 11.3 Å². The van der Waals surface area contributed by atoms with Crippen molar-refractivity contribution in [2.75, 3.05) is 12.4 Å². The van der Waals surface area contributed by atoms with Crippen LogP contribution in [0.1, 0.15) is 49.0 Å². The number of anilines is 1. The highest BCUT2D eigenvalue weighted by atomic mass is 32.1. The molecule has 0 radical (unpaired) electrons. The van der Waals surface area contributed by atoms with Gasteiger partial charge in [-0.2, -0.15) is 4.39 Å². The molecule has 1 atom stereocenters. The first-order chi connectivity index (χ1) is 19.6. The Hall–Kier alpha value is -4.24. The van der Waals surface area contributed by atoms with Crippen molar-refractivity contribution in [1.82, 2.24) is 0 Å². The summed E-state index contributed by atoms with van der Waals surface area (Å²) in [7, 11) is 1.56. The number of unbranched alkanes of at least 4 members (excludes halogenated alkanes) is 1. The normalized spacial score (nSPS) is 11.6. The molecule has 0 saturated heterocycles. The number of carbonyl (C=O) groups excluding carboxylic acids is 1. The summed E-state index contributed by atoms with van der Waals surface area (Å²) in [5.41, 5.74) is 5.13. The Morgan fingerprint density at radius 3 is 2.41 bits per heavy atom.